The molecule has 1 rings (SSSR count). The van der Waals surface area contributed by atoms with Crippen LogP contribution in [0.2, 0.25) is 0 Å². The van der Waals surface area contributed by atoms with Gasteiger partial charge < -0.3 is 5.11 Å². The Morgan fingerprint density at radius 3 is 2.12 bits per heavy atom. The third-order valence-corrected chi connectivity index (χ3v) is 3.88. The van der Waals surface area contributed by atoms with Crippen molar-refractivity contribution in [1.29, 1.82) is 0 Å². The van der Waals surface area contributed by atoms with E-state index in [1.807, 2.05) is 0 Å². The second-order valence-corrected chi connectivity index (χ2v) is 4.96. The van der Waals surface area contributed by atoms with Gasteiger partial charge in [-0.15, -0.1) is 11.8 Å². The minimum Gasteiger partial charge on any atom is -0.481 e. The number of carboxylic acid groups (broad SMARTS) is 1. The van der Waals surface area contributed by atoms with Crippen LogP contribution in [0.1, 0.15) is 27.2 Å². The summed E-state index contributed by atoms with van der Waals surface area (Å²) in [6, 6.07) is 0. The van der Waals surface area contributed by atoms with Crippen LogP contribution in [-0.4, -0.2) is 28.4 Å². The molecular weight excluding hydrogens is 240 g/mol. The Hall–Kier alpha value is -1.36. The van der Waals surface area contributed by atoms with E-state index in [9.17, 15) is 14.4 Å². The Morgan fingerprint density at radius 2 is 1.59 bits per heavy atom. The molecule has 0 radical (unpaired) electrons. The van der Waals surface area contributed by atoms with Crippen LogP contribution in [0.4, 0.5) is 0 Å². The molecule has 0 aliphatic heterocycles. The van der Waals surface area contributed by atoms with Crippen LogP contribution in [0, 0.1) is 0 Å². The monoisotopic (exact) mass is 254 g/mol. The summed E-state index contributed by atoms with van der Waals surface area (Å²) in [5.74, 6) is -0.892. The van der Waals surface area contributed by atoms with Crippen molar-refractivity contribution in [3.05, 3.63) is 21.6 Å². The van der Waals surface area contributed by atoms with E-state index in [1.165, 1.54) is 0 Å². The normalized spacial score (nSPS) is 16.9. The van der Waals surface area contributed by atoms with Gasteiger partial charge in [0, 0.05) is 22.5 Å². The lowest BCUT2D eigenvalue weighted by atomic mass is 9.92. The number of allylic oxidation sites excluding steroid dienone is 4. The molecule has 1 aliphatic rings. The predicted octanol–water partition coefficient (Wildman–Crippen LogP) is 1.96. The van der Waals surface area contributed by atoms with Crippen LogP contribution in [-0.2, 0) is 14.4 Å². The topological polar surface area (TPSA) is 71.4 Å². The molecule has 92 valence electrons. The minimum atomic E-state index is -0.909. The van der Waals surface area contributed by atoms with Crippen LogP contribution in [0.5, 0.6) is 0 Å². The number of carbonyl (C=O) groups is 3. The molecule has 4 nitrogen and oxygen atoms in total. The van der Waals surface area contributed by atoms with Gasteiger partial charge in [0.1, 0.15) is 0 Å². The van der Waals surface area contributed by atoms with Crippen molar-refractivity contribution in [3.8, 4) is 0 Å². The van der Waals surface area contributed by atoms with Gasteiger partial charge in [-0.3, -0.25) is 14.4 Å². The average Bonchev–Trinajstić information content (AvgIpc) is 2.28. The highest BCUT2D eigenvalue weighted by Gasteiger charge is 2.27. The predicted molar refractivity (Wildman–Crippen MR) is 65.8 cm³/mol. The van der Waals surface area contributed by atoms with E-state index < -0.39 is 5.97 Å². The van der Waals surface area contributed by atoms with E-state index in [4.69, 9.17) is 5.11 Å². The average molecular weight is 254 g/mol. The molecule has 0 aromatic heterocycles. The van der Waals surface area contributed by atoms with Crippen molar-refractivity contribution in [2.75, 3.05) is 5.75 Å². The fourth-order valence-corrected chi connectivity index (χ4v) is 2.55. The number of aliphatic carboxylic acids is 1. The maximum atomic E-state index is 11.9. The van der Waals surface area contributed by atoms with Crippen LogP contribution >= 0.6 is 11.8 Å². The third-order valence-electron chi connectivity index (χ3n) is 2.69. The summed E-state index contributed by atoms with van der Waals surface area (Å²) in [5, 5.41) is 8.53. The summed E-state index contributed by atoms with van der Waals surface area (Å²) < 4.78 is 0. The Bertz CT molecular complexity index is 457. The van der Waals surface area contributed by atoms with Gasteiger partial charge in [0.15, 0.2) is 11.6 Å². The molecule has 0 heterocycles. The van der Waals surface area contributed by atoms with E-state index in [1.54, 1.807) is 20.8 Å². The molecule has 0 unspecified atom stereocenters. The lowest BCUT2D eigenvalue weighted by Crippen LogP contribution is -2.19. The highest BCUT2D eigenvalue weighted by molar-refractivity contribution is 8.04. The van der Waals surface area contributed by atoms with E-state index >= 15 is 0 Å². The van der Waals surface area contributed by atoms with Crippen molar-refractivity contribution in [3.63, 3.8) is 0 Å². The maximum Gasteiger partial charge on any atom is 0.304 e. The van der Waals surface area contributed by atoms with Crippen molar-refractivity contribution < 1.29 is 19.5 Å². The molecule has 1 aliphatic carbocycles. The Morgan fingerprint density at radius 1 is 1.06 bits per heavy atom. The summed E-state index contributed by atoms with van der Waals surface area (Å²) in [6.07, 6.45) is -0.0232. The number of ketones is 2. The third kappa shape index (κ3) is 2.85. The number of carbonyl (C=O) groups excluding carboxylic acids is 2. The van der Waals surface area contributed by atoms with Crippen molar-refractivity contribution >= 4 is 29.3 Å². The molecule has 0 amide bonds. The Labute approximate surface area is 104 Å². The first kappa shape index (κ1) is 13.7. The first-order valence-corrected chi connectivity index (χ1v) is 6.17. The van der Waals surface area contributed by atoms with Gasteiger partial charge in [0.25, 0.3) is 0 Å². The molecule has 0 atom stereocenters. The molecule has 5 heteroatoms. The van der Waals surface area contributed by atoms with Crippen LogP contribution in [0.15, 0.2) is 21.6 Å². The maximum absolute atomic E-state index is 11.9. The van der Waals surface area contributed by atoms with Gasteiger partial charge in [0.05, 0.1) is 11.3 Å². The van der Waals surface area contributed by atoms with E-state index in [2.05, 4.69) is 0 Å². The number of carboxylic acids is 1. The molecule has 17 heavy (non-hydrogen) atoms. The largest absolute Gasteiger partial charge is 0.481 e. The molecule has 0 bridgehead atoms. The van der Waals surface area contributed by atoms with Gasteiger partial charge in [-0.05, 0) is 20.8 Å². The zero-order valence-electron chi connectivity index (χ0n) is 9.99. The van der Waals surface area contributed by atoms with Gasteiger partial charge in [0.2, 0.25) is 0 Å². The van der Waals surface area contributed by atoms with Crippen molar-refractivity contribution in [2.45, 2.75) is 27.2 Å². The number of rotatable bonds is 4. The highest BCUT2D eigenvalue weighted by Crippen LogP contribution is 2.31. The van der Waals surface area contributed by atoms with Gasteiger partial charge >= 0.3 is 5.97 Å². The van der Waals surface area contributed by atoms with Crippen LogP contribution < -0.4 is 0 Å². The molecule has 0 spiro atoms. The van der Waals surface area contributed by atoms with Crippen molar-refractivity contribution in [1.82, 2.24) is 0 Å². The zero-order valence-corrected chi connectivity index (χ0v) is 10.8. The second kappa shape index (κ2) is 5.31. The fourth-order valence-electron chi connectivity index (χ4n) is 1.48. The van der Waals surface area contributed by atoms with Crippen LogP contribution in [0.3, 0.4) is 0 Å². The highest BCUT2D eigenvalue weighted by atomic mass is 32.2. The van der Waals surface area contributed by atoms with Gasteiger partial charge in [-0.1, -0.05) is 0 Å². The van der Waals surface area contributed by atoms with E-state index in [0.29, 0.717) is 27.4 Å². The molecule has 0 aromatic carbocycles. The molecule has 0 saturated carbocycles. The van der Waals surface area contributed by atoms with Crippen LogP contribution in [0.25, 0.3) is 0 Å². The first-order valence-electron chi connectivity index (χ1n) is 5.18. The minimum absolute atomic E-state index is 0.0232. The number of thioether (sulfide) groups is 1. The number of hydrogen-bond acceptors (Lipinski definition) is 4. The number of Topliss-reactive ketones (excluding diaryl/α,β-unsaturated/α-hetero) is 2. The van der Waals surface area contributed by atoms with Crippen molar-refractivity contribution in [2.24, 2.45) is 0 Å². The Kier molecular flexibility index (Phi) is 4.28. The number of hydrogen-bond donors (Lipinski definition) is 1. The second-order valence-electron chi connectivity index (χ2n) is 3.85. The molecular formula is C12H14O4S. The fraction of sp³-hybridized carbons (Fsp3) is 0.417. The van der Waals surface area contributed by atoms with Gasteiger partial charge in [-0.25, -0.2) is 0 Å². The summed E-state index contributed by atoms with van der Waals surface area (Å²) in [4.78, 5) is 34.5. The quantitative estimate of drug-likeness (QED) is 0.776. The lowest BCUT2D eigenvalue weighted by Gasteiger charge is -2.17. The molecule has 0 aromatic rings. The van der Waals surface area contributed by atoms with Gasteiger partial charge in [-0.2, -0.15) is 0 Å². The summed E-state index contributed by atoms with van der Waals surface area (Å²) in [6.45, 7) is 4.87. The summed E-state index contributed by atoms with van der Waals surface area (Å²) >= 11 is 1.15. The first-order chi connectivity index (χ1) is 7.86. The Balaban J connectivity index is 2.88. The SMILES string of the molecule is CC1=C(C)C(=O)C(SCCC(=O)O)=C(C)C1=O. The standard InChI is InChI=1S/C12H14O4S/c1-6-7(2)11(16)12(8(3)10(6)15)17-5-4-9(13)14/h4-5H2,1-3H3,(H,13,14). The molecule has 0 saturated heterocycles. The lowest BCUT2D eigenvalue weighted by molar-refractivity contribution is -0.136. The molecule has 1 N–H and O–H groups in total. The molecule has 0 fully saturated rings. The van der Waals surface area contributed by atoms with E-state index in [0.717, 1.165) is 11.8 Å². The smallest absolute Gasteiger partial charge is 0.304 e. The summed E-state index contributed by atoms with van der Waals surface area (Å²) in [7, 11) is 0. The summed E-state index contributed by atoms with van der Waals surface area (Å²) in [5.41, 5.74) is 1.36. The van der Waals surface area contributed by atoms with E-state index in [-0.39, 0.29) is 18.0 Å². The zero-order chi connectivity index (χ0) is 13.2.